The number of nitro benzene ring substituents is 1. The molecule has 1 amide bonds. The van der Waals surface area contributed by atoms with Gasteiger partial charge < -0.3 is 15.5 Å². The molecule has 0 radical (unpaired) electrons. The number of nitrogens with two attached hydrogens (primary N) is 1. The Morgan fingerprint density at radius 2 is 1.78 bits per heavy atom. The van der Waals surface area contributed by atoms with Crippen LogP contribution in [0, 0.1) is 15.5 Å². The average Bonchev–Trinajstić information content (AvgIpc) is 2.58. The number of hydrogen-bond acceptors (Lipinski definition) is 7. The lowest BCUT2D eigenvalue weighted by atomic mass is 9.86. The lowest BCUT2D eigenvalue weighted by Gasteiger charge is -2.38. The van der Waals surface area contributed by atoms with Gasteiger partial charge in [0.2, 0.25) is 5.91 Å². The molecule has 1 fully saturated rings. The zero-order valence-electron chi connectivity index (χ0n) is 16.0. The van der Waals surface area contributed by atoms with Gasteiger partial charge in [0.05, 0.1) is 15.9 Å². The first-order valence-electron chi connectivity index (χ1n) is 8.60. The molecule has 1 aliphatic rings. The number of carbonyl (C=O) groups is 1. The van der Waals surface area contributed by atoms with Gasteiger partial charge in [0, 0.05) is 38.5 Å². The molecule has 1 saturated heterocycles. The molecule has 0 spiro atoms. The van der Waals surface area contributed by atoms with Crippen molar-refractivity contribution < 1.29 is 18.1 Å². The molecular weight excluding hydrogens is 372 g/mol. The predicted octanol–water partition coefficient (Wildman–Crippen LogP) is 1.02. The van der Waals surface area contributed by atoms with Crippen LogP contribution in [0.5, 0.6) is 0 Å². The summed E-state index contributed by atoms with van der Waals surface area (Å²) in [7, 11) is -3.54. The van der Waals surface area contributed by atoms with E-state index in [9.17, 15) is 23.3 Å². The summed E-state index contributed by atoms with van der Waals surface area (Å²) in [6.45, 7) is 7.31. The molecular formula is C17H26N4O5S. The summed E-state index contributed by atoms with van der Waals surface area (Å²) in [5.41, 5.74) is 5.78. The number of amides is 1. The molecule has 27 heavy (non-hydrogen) atoms. The number of sulfone groups is 1. The standard InChI is InChI=1S/C17H26N4O5S/c1-17(2,3)15(18)16(22)20-9-7-19(8-10-20)13-6-5-12(27(4,25)26)11-14(13)21(23)24/h5-6,11,15H,7-10,18H2,1-4H3/t15-/m1/s1. The Hall–Kier alpha value is -2.20. The molecule has 0 bridgehead atoms. The van der Waals surface area contributed by atoms with Crippen molar-refractivity contribution in [1.29, 1.82) is 0 Å². The maximum atomic E-state index is 12.5. The van der Waals surface area contributed by atoms with Crippen molar-refractivity contribution in [2.45, 2.75) is 31.7 Å². The zero-order chi connectivity index (χ0) is 20.6. The molecule has 1 aliphatic heterocycles. The monoisotopic (exact) mass is 398 g/mol. The van der Waals surface area contributed by atoms with Gasteiger partial charge in [-0.3, -0.25) is 14.9 Å². The van der Waals surface area contributed by atoms with Gasteiger partial charge in [-0.2, -0.15) is 0 Å². The highest BCUT2D eigenvalue weighted by Crippen LogP contribution is 2.31. The van der Waals surface area contributed by atoms with Crippen molar-refractivity contribution >= 4 is 27.1 Å². The van der Waals surface area contributed by atoms with Gasteiger partial charge in [-0.05, 0) is 17.5 Å². The summed E-state index contributed by atoms with van der Waals surface area (Å²) in [5.74, 6) is -0.135. The third-order valence-corrected chi connectivity index (χ3v) is 5.81. The summed E-state index contributed by atoms with van der Waals surface area (Å²) in [6, 6.07) is 3.28. The summed E-state index contributed by atoms with van der Waals surface area (Å²) < 4.78 is 23.3. The molecule has 0 aromatic heterocycles. The fraction of sp³-hybridized carbons (Fsp3) is 0.588. The molecule has 10 heteroatoms. The highest BCUT2D eigenvalue weighted by Gasteiger charge is 2.33. The number of rotatable bonds is 4. The van der Waals surface area contributed by atoms with Crippen LogP contribution in [0.15, 0.2) is 23.1 Å². The van der Waals surface area contributed by atoms with E-state index in [-0.39, 0.29) is 21.9 Å². The Kier molecular flexibility index (Phi) is 5.81. The molecule has 1 aromatic rings. The minimum Gasteiger partial charge on any atom is -0.362 e. The van der Waals surface area contributed by atoms with Crippen LogP contribution < -0.4 is 10.6 Å². The minimum atomic E-state index is -3.54. The Morgan fingerprint density at radius 3 is 2.22 bits per heavy atom. The largest absolute Gasteiger partial charge is 0.362 e. The third-order valence-electron chi connectivity index (χ3n) is 4.70. The van der Waals surface area contributed by atoms with Crippen molar-refractivity contribution in [3.05, 3.63) is 28.3 Å². The fourth-order valence-electron chi connectivity index (χ4n) is 2.88. The molecule has 2 rings (SSSR count). The van der Waals surface area contributed by atoms with Gasteiger partial charge in [-0.25, -0.2) is 8.42 Å². The Bertz CT molecular complexity index is 839. The molecule has 1 heterocycles. The summed E-state index contributed by atoms with van der Waals surface area (Å²) >= 11 is 0. The Labute approximate surface area is 159 Å². The molecule has 0 aliphatic carbocycles. The molecule has 1 atom stereocenters. The van der Waals surface area contributed by atoms with E-state index in [1.165, 1.54) is 12.1 Å². The zero-order valence-corrected chi connectivity index (χ0v) is 16.8. The van der Waals surface area contributed by atoms with Crippen molar-refractivity contribution in [1.82, 2.24) is 4.90 Å². The number of nitrogens with zero attached hydrogens (tertiary/aromatic N) is 3. The lowest BCUT2D eigenvalue weighted by Crippen LogP contribution is -2.56. The first kappa shape index (κ1) is 21.1. The van der Waals surface area contributed by atoms with E-state index >= 15 is 0 Å². The average molecular weight is 398 g/mol. The van der Waals surface area contributed by atoms with Crippen LogP contribution in [0.25, 0.3) is 0 Å². The molecule has 9 nitrogen and oxygen atoms in total. The number of piperazine rings is 1. The van der Waals surface area contributed by atoms with Crippen LogP contribution >= 0.6 is 0 Å². The Morgan fingerprint density at radius 1 is 1.22 bits per heavy atom. The highest BCUT2D eigenvalue weighted by atomic mass is 32.2. The quantitative estimate of drug-likeness (QED) is 0.592. The fourth-order valence-corrected chi connectivity index (χ4v) is 3.52. The first-order chi connectivity index (χ1) is 12.3. The molecule has 0 unspecified atom stereocenters. The van der Waals surface area contributed by atoms with Crippen LogP contribution in [0.1, 0.15) is 20.8 Å². The first-order valence-corrected chi connectivity index (χ1v) is 10.5. The topological polar surface area (TPSA) is 127 Å². The summed E-state index contributed by atoms with van der Waals surface area (Å²) in [6.07, 6.45) is 1.01. The van der Waals surface area contributed by atoms with Gasteiger partial charge in [-0.15, -0.1) is 0 Å². The minimum absolute atomic E-state index is 0.0945. The molecule has 150 valence electrons. The van der Waals surface area contributed by atoms with Gasteiger partial charge in [0.25, 0.3) is 5.69 Å². The lowest BCUT2D eigenvalue weighted by molar-refractivity contribution is -0.384. The molecule has 2 N–H and O–H groups in total. The van der Waals surface area contributed by atoms with E-state index in [0.29, 0.717) is 31.9 Å². The number of benzene rings is 1. The highest BCUT2D eigenvalue weighted by molar-refractivity contribution is 7.90. The van der Waals surface area contributed by atoms with E-state index in [1.54, 1.807) is 9.80 Å². The van der Waals surface area contributed by atoms with Gasteiger partial charge in [-0.1, -0.05) is 20.8 Å². The molecule has 1 aromatic carbocycles. The van der Waals surface area contributed by atoms with Gasteiger partial charge >= 0.3 is 0 Å². The van der Waals surface area contributed by atoms with Crippen molar-refractivity contribution in [3.63, 3.8) is 0 Å². The number of anilines is 1. The van der Waals surface area contributed by atoms with Crippen LogP contribution in [0.2, 0.25) is 0 Å². The van der Waals surface area contributed by atoms with E-state index < -0.39 is 20.8 Å². The van der Waals surface area contributed by atoms with Crippen molar-refractivity contribution in [2.75, 3.05) is 37.3 Å². The van der Waals surface area contributed by atoms with E-state index in [4.69, 9.17) is 5.73 Å². The van der Waals surface area contributed by atoms with Crippen LogP contribution in [0.4, 0.5) is 11.4 Å². The van der Waals surface area contributed by atoms with Crippen molar-refractivity contribution in [2.24, 2.45) is 11.1 Å². The number of nitro groups is 1. The van der Waals surface area contributed by atoms with Crippen molar-refractivity contribution in [3.8, 4) is 0 Å². The van der Waals surface area contributed by atoms with E-state index in [0.717, 1.165) is 12.3 Å². The predicted molar refractivity (Wildman–Crippen MR) is 102 cm³/mol. The van der Waals surface area contributed by atoms with Gasteiger partial charge in [0.15, 0.2) is 9.84 Å². The van der Waals surface area contributed by atoms with Crippen LogP contribution in [-0.4, -0.2) is 62.6 Å². The van der Waals surface area contributed by atoms with Gasteiger partial charge in [0.1, 0.15) is 5.69 Å². The molecule has 0 saturated carbocycles. The second kappa shape index (κ2) is 7.43. The number of carbonyl (C=O) groups excluding carboxylic acids is 1. The smallest absolute Gasteiger partial charge is 0.293 e. The second-order valence-electron chi connectivity index (χ2n) is 7.84. The summed E-state index contributed by atoms with van der Waals surface area (Å²) in [4.78, 5) is 26.7. The maximum Gasteiger partial charge on any atom is 0.293 e. The normalized spacial score (nSPS) is 16.9. The SMILES string of the molecule is CC(C)(C)[C@H](N)C(=O)N1CCN(c2ccc(S(C)(=O)=O)cc2[N+](=O)[O-])CC1. The maximum absolute atomic E-state index is 12.5. The van der Waals surface area contributed by atoms with Crippen LogP contribution in [-0.2, 0) is 14.6 Å². The Balaban J connectivity index is 2.19. The third kappa shape index (κ3) is 4.75. The van der Waals surface area contributed by atoms with E-state index in [2.05, 4.69) is 0 Å². The second-order valence-corrected chi connectivity index (χ2v) is 9.85. The van der Waals surface area contributed by atoms with E-state index in [1.807, 2.05) is 20.8 Å². The number of hydrogen-bond donors (Lipinski definition) is 1. The van der Waals surface area contributed by atoms with Crippen LogP contribution in [0.3, 0.4) is 0 Å². The summed E-state index contributed by atoms with van der Waals surface area (Å²) in [5, 5.41) is 11.4.